The number of amides is 1. The molecule has 0 saturated heterocycles. The highest BCUT2D eigenvalue weighted by Gasteiger charge is 2.29. The van der Waals surface area contributed by atoms with Crippen molar-refractivity contribution in [1.82, 2.24) is 0 Å². The molecule has 0 bridgehead atoms. The van der Waals surface area contributed by atoms with E-state index in [-0.39, 0.29) is 0 Å². The lowest BCUT2D eigenvalue weighted by Gasteiger charge is -2.28. The number of aryl methyl sites for hydroxylation is 1. The Hall–Kier alpha value is -2.85. The van der Waals surface area contributed by atoms with E-state index in [9.17, 15) is 13.2 Å². The zero-order valence-electron chi connectivity index (χ0n) is 14.9. The summed E-state index contributed by atoms with van der Waals surface area (Å²) in [5, 5.41) is 11.4. The summed E-state index contributed by atoms with van der Waals surface area (Å²) in [5.41, 5.74) is 2.82. The van der Waals surface area contributed by atoms with E-state index in [1.165, 1.54) is 0 Å². The van der Waals surface area contributed by atoms with Gasteiger partial charge in [0.2, 0.25) is 15.9 Å². The molecule has 0 aliphatic heterocycles. The van der Waals surface area contributed by atoms with Gasteiger partial charge in [-0.05, 0) is 43.7 Å². The standard InChI is InChI=1S/C19H21N3O3S/c1-14-4-10-18(11-5-14)22(26(3,24)25)15(2)19(23)21-17-8-6-16(7-9-17)12-13-20/h4-11,15H,12H2,1-3H3,(H,21,23)/t15-/m0/s1. The Kier molecular flexibility index (Phi) is 6.01. The fourth-order valence-corrected chi connectivity index (χ4v) is 3.72. The first-order chi connectivity index (χ1) is 12.2. The van der Waals surface area contributed by atoms with Crippen molar-refractivity contribution in [3.8, 4) is 6.07 Å². The largest absolute Gasteiger partial charge is 0.324 e. The van der Waals surface area contributed by atoms with E-state index in [2.05, 4.69) is 11.4 Å². The Bertz CT molecular complexity index is 914. The van der Waals surface area contributed by atoms with Crippen molar-refractivity contribution in [3.05, 3.63) is 59.7 Å². The minimum Gasteiger partial charge on any atom is -0.324 e. The van der Waals surface area contributed by atoms with Crippen LogP contribution in [-0.2, 0) is 21.2 Å². The molecule has 0 unspecified atom stereocenters. The third-order valence-electron chi connectivity index (χ3n) is 3.88. The van der Waals surface area contributed by atoms with Gasteiger partial charge in [-0.3, -0.25) is 9.10 Å². The van der Waals surface area contributed by atoms with Crippen LogP contribution in [0.1, 0.15) is 18.1 Å². The Morgan fingerprint density at radius 1 is 1.15 bits per heavy atom. The Labute approximate surface area is 154 Å². The number of hydrogen-bond acceptors (Lipinski definition) is 4. The van der Waals surface area contributed by atoms with Gasteiger partial charge in [-0.25, -0.2) is 8.42 Å². The van der Waals surface area contributed by atoms with Gasteiger partial charge in [-0.2, -0.15) is 5.26 Å². The third-order valence-corrected chi connectivity index (χ3v) is 5.12. The molecule has 7 heteroatoms. The molecule has 0 aliphatic rings. The summed E-state index contributed by atoms with van der Waals surface area (Å²) >= 11 is 0. The molecule has 0 aromatic heterocycles. The lowest BCUT2D eigenvalue weighted by molar-refractivity contribution is -0.116. The number of benzene rings is 2. The van der Waals surface area contributed by atoms with Gasteiger partial charge in [0.25, 0.3) is 0 Å². The quantitative estimate of drug-likeness (QED) is 0.845. The summed E-state index contributed by atoms with van der Waals surface area (Å²) in [6.45, 7) is 3.45. The van der Waals surface area contributed by atoms with Crippen LogP contribution in [0.15, 0.2) is 48.5 Å². The van der Waals surface area contributed by atoms with Crippen LogP contribution in [0.5, 0.6) is 0 Å². The predicted octanol–water partition coefficient (Wildman–Crippen LogP) is 2.85. The van der Waals surface area contributed by atoms with Crippen LogP contribution in [0.25, 0.3) is 0 Å². The average Bonchev–Trinajstić information content (AvgIpc) is 2.57. The summed E-state index contributed by atoms with van der Waals surface area (Å²) in [5.74, 6) is -0.441. The van der Waals surface area contributed by atoms with E-state index < -0.39 is 22.0 Å². The van der Waals surface area contributed by atoms with Crippen molar-refractivity contribution >= 4 is 27.3 Å². The molecule has 1 amide bonds. The second-order valence-corrected chi connectivity index (χ2v) is 7.95. The second kappa shape index (κ2) is 8.02. The van der Waals surface area contributed by atoms with Gasteiger partial charge in [-0.15, -0.1) is 0 Å². The maximum atomic E-state index is 12.6. The summed E-state index contributed by atoms with van der Waals surface area (Å²) in [4.78, 5) is 12.6. The molecule has 1 atom stereocenters. The topological polar surface area (TPSA) is 90.3 Å². The van der Waals surface area contributed by atoms with Crippen LogP contribution < -0.4 is 9.62 Å². The van der Waals surface area contributed by atoms with Gasteiger partial charge < -0.3 is 5.32 Å². The molecule has 1 N–H and O–H groups in total. The Morgan fingerprint density at radius 2 is 1.73 bits per heavy atom. The Morgan fingerprint density at radius 3 is 2.23 bits per heavy atom. The van der Waals surface area contributed by atoms with E-state index in [1.807, 2.05) is 6.92 Å². The number of sulfonamides is 1. The van der Waals surface area contributed by atoms with Gasteiger partial charge in [-0.1, -0.05) is 29.8 Å². The highest BCUT2D eigenvalue weighted by Crippen LogP contribution is 2.22. The molecule has 0 fully saturated rings. The summed E-state index contributed by atoms with van der Waals surface area (Å²) in [6, 6.07) is 15.0. The normalized spacial score (nSPS) is 12.1. The van der Waals surface area contributed by atoms with Gasteiger partial charge in [0.1, 0.15) is 6.04 Å². The predicted molar refractivity (Wildman–Crippen MR) is 102 cm³/mol. The van der Waals surface area contributed by atoms with E-state index in [1.54, 1.807) is 55.5 Å². The van der Waals surface area contributed by atoms with Crippen LogP contribution in [-0.4, -0.2) is 26.6 Å². The molecule has 2 aromatic carbocycles. The number of nitrogens with zero attached hydrogens (tertiary/aromatic N) is 2. The molecular weight excluding hydrogens is 350 g/mol. The lowest BCUT2D eigenvalue weighted by atomic mass is 10.1. The number of rotatable bonds is 6. The number of nitrogens with one attached hydrogen (secondary N) is 1. The number of carbonyl (C=O) groups is 1. The molecule has 2 aromatic rings. The van der Waals surface area contributed by atoms with E-state index >= 15 is 0 Å². The van der Waals surface area contributed by atoms with Crippen LogP contribution >= 0.6 is 0 Å². The molecular formula is C19H21N3O3S. The third kappa shape index (κ3) is 4.83. The molecule has 0 spiro atoms. The number of carbonyl (C=O) groups excluding carboxylic acids is 1. The molecule has 0 aliphatic carbocycles. The molecule has 2 rings (SSSR count). The number of hydrogen-bond donors (Lipinski definition) is 1. The van der Waals surface area contributed by atoms with Crippen molar-refractivity contribution < 1.29 is 13.2 Å². The van der Waals surface area contributed by atoms with Crippen molar-refractivity contribution in [1.29, 1.82) is 5.26 Å². The first-order valence-electron chi connectivity index (χ1n) is 8.05. The molecule has 0 heterocycles. The van der Waals surface area contributed by atoms with Crippen LogP contribution in [0.4, 0.5) is 11.4 Å². The number of anilines is 2. The smallest absolute Gasteiger partial charge is 0.247 e. The van der Waals surface area contributed by atoms with Crippen LogP contribution in [0.2, 0.25) is 0 Å². The monoisotopic (exact) mass is 371 g/mol. The summed E-state index contributed by atoms with van der Waals surface area (Å²) in [6.07, 6.45) is 1.37. The highest BCUT2D eigenvalue weighted by molar-refractivity contribution is 7.92. The first-order valence-corrected chi connectivity index (χ1v) is 9.90. The van der Waals surface area contributed by atoms with Crippen molar-refractivity contribution in [2.45, 2.75) is 26.3 Å². The fourth-order valence-electron chi connectivity index (χ4n) is 2.54. The van der Waals surface area contributed by atoms with Crippen LogP contribution in [0.3, 0.4) is 0 Å². The minimum absolute atomic E-state index is 0.292. The van der Waals surface area contributed by atoms with E-state index in [4.69, 9.17) is 5.26 Å². The van der Waals surface area contributed by atoms with Crippen molar-refractivity contribution in [2.75, 3.05) is 15.9 Å². The summed E-state index contributed by atoms with van der Waals surface area (Å²) < 4.78 is 25.6. The van der Waals surface area contributed by atoms with E-state index in [0.29, 0.717) is 17.8 Å². The number of nitriles is 1. The lowest BCUT2D eigenvalue weighted by Crippen LogP contribution is -2.45. The zero-order valence-corrected chi connectivity index (χ0v) is 15.7. The second-order valence-electron chi connectivity index (χ2n) is 6.09. The minimum atomic E-state index is -3.64. The highest BCUT2D eigenvalue weighted by atomic mass is 32.2. The molecule has 26 heavy (non-hydrogen) atoms. The maximum absolute atomic E-state index is 12.6. The van der Waals surface area contributed by atoms with Gasteiger partial charge in [0.05, 0.1) is 24.4 Å². The van der Waals surface area contributed by atoms with Crippen LogP contribution in [0, 0.1) is 18.3 Å². The molecule has 136 valence electrons. The van der Waals surface area contributed by atoms with Gasteiger partial charge in [0, 0.05) is 5.69 Å². The van der Waals surface area contributed by atoms with Crippen molar-refractivity contribution in [2.24, 2.45) is 0 Å². The zero-order chi connectivity index (χ0) is 19.3. The fraction of sp³-hybridized carbons (Fsp3) is 0.263. The first kappa shape index (κ1) is 19.5. The molecule has 6 nitrogen and oxygen atoms in total. The average molecular weight is 371 g/mol. The van der Waals surface area contributed by atoms with Gasteiger partial charge in [0.15, 0.2) is 0 Å². The molecule has 0 radical (unpaired) electrons. The van der Waals surface area contributed by atoms with Crippen molar-refractivity contribution in [3.63, 3.8) is 0 Å². The summed E-state index contributed by atoms with van der Waals surface area (Å²) in [7, 11) is -3.64. The maximum Gasteiger partial charge on any atom is 0.247 e. The molecule has 0 saturated carbocycles. The Balaban J connectivity index is 2.22. The SMILES string of the molecule is Cc1ccc(N([C@@H](C)C(=O)Nc2ccc(CC#N)cc2)S(C)(=O)=O)cc1. The van der Waals surface area contributed by atoms with Gasteiger partial charge >= 0.3 is 0 Å². The van der Waals surface area contributed by atoms with E-state index in [0.717, 1.165) is 21.7 Å².